The van der Waals surface area contributed by atoms with Gasteiger partial charge in [-0.3, -0.25) is 0 Å². The molecule has 12 heteroatoms. The summed E-state index contributed by atoms with van der Waals surface area (Å²) in [6.07, 6.45) is 1.41. The number of amidine groups is 1. The first-order valence-electron chi connectivity index (χ1n) is 9.15. The molecule has 0 bridgehead atoms. The van der Waals surface area contributed by atoms with Crippen LogP contribution in [0.5, 0.6) is 0 Å². The highest BCUT2D eigenvalue weighted by Crippen LogP contribution is 2.26. The van der Waals surface area contributed by atoms with Crippen molar-refractivity contribution in [2.45, 2.75) is 10.3 Å². The van der Waals surface area contributed by atoms with Gasteiger partial charge in [0.05, 0.1) is 15.4 Å². The Morgan fingerprint density at radius 1 is 1.22 bits per heavy atom. The lowest BCUT2D eigenvalue weighted by molar-refractivity contribution is 0.319. The number of H-pyrrole nitrogens is 1. The molecule has 32 heavy (non-hydrogen) atoms. The quantitative estimate of drug-likeness (QED) is 0.150. The number of hydrogen-bond donors (Lipinski definition) is 4. The number of aromatic amines is 1. The topological polar surface area (TPSA) is 146 Å². The van der Waals surface area contributed by atoms with Gasteiger partial charge < -0.3 is 21.2 Å². The van der Waals surface area contributed by atoms with Gasteiger partial charge in [0.15, 0.2) is 16.9 Å². The van der Waals surface area contributed by atoms with Gasteiger partial charge in [-0.2, -0.15) is 0 Å². The lowest BCUT2D eigenvalue weighted by Crippen LogP contribution is -2.23. The molecule has 0 saturated carbocycles. The molecule has 0 aliphatic rings. The van der Waals surface area contributed by atoms with Gasteiger partial charge in [0, 0.05) is 17.4 Å². The maximum atomic E-state index is 13.4. The smallest absolute Gasteiger partial charge is 0.201 e. The zero-order valence-electron chi connectivity index (χ0n) is 16.2. The monoisotopic (exact) mass is 474 g/mol. The second-order valence-corrected chi connectivity index (χ2v) is 9.14. The molecule has 5 N–H and O–H groups in total. The zero-order chi connectivity index (χ0) is 22.9. The lowest BCUT2D eigenvalue weighted by Gasteiger charge is -2.11. The Labute approximate surface area is 186 Å². The molecule has 2 aromatic heterocycles. The van der Waals surface area contributed by atoms with Crippen molar-refractivity contribution in [1.82, 2.24) is 15.0 Å². The van der Waals surface area contributed by atoms with E-state index in [-0.39, 0.29) is 32.7 Å². The molecule has 0 radical (unpaired) electrons. The summed E-state index contributed by atoms with van der Waals surface area (Å²) in [7, 11) is -3.92. The molecule has 1 atom stereocenters. The molecule has 4 aromatic rings. The van der Waals surface area contributed by atoms with Gasteiger partial charge in [0.25, 0.3) is 0 Å². The maximum Gasteiger partial charge on any atom is 0.201 e. The van der Waals surface area contributed by atoms with Crippen LogP contribution in [0, 0.1) is 5.82 Å². The van der Waals surface area contributed by atoms with E-state index in [1.807, 2.05) is 0 Å². The third-order valence-electron chi connectivity index (χ3n) is 4.62. The molecule has 0 saturated heterocycles. The van der Waals surface area contributed by atoms with E-state index >= 15 is 0 Å². The number of oxime groups is 1. The van der Waals surface area contributed by atoms with Gasteiger partial charge in [-0.1, -0.05) is 35.0 Å². The number of rotatable bonds is 5. The predicted molar refractivity (Wildman–Crippen MR) is 118 cm³/mol. The second kappa shape index (κ2) is 8.54. The van der Waals surface area contributed by atoms with E-state index in [4.69, 9.17) is 17.3 Å². The Morgan fingerprint density at radius 2 is 1.97 bits per heavy atom. The third-order valence-corrected chi connectivity index (χ3v) is 6.73. The molecule has 164 valence electrons. The van der Waals surface area contributed by atoms with Crippen molar-refractivity contribution in [2.75, 3.05) is 5.32 Å². The van der Waals surface area contributed by atoms with E-state index in [9.17, 15) is 18.0 Å². The average Bonchev–Trinajstić information content (AvgIpc) is 3.24. The number of pyridine rings is 1. The standard InChI is InChI=1S/C20H16ClFN6O3S/c21-14-10-11(6-7-15(14)22)25-18(28-29)13-8-9-24-19-16(13)26-20(27-19)17(23)32(30,31)12-4-2-1-3-5-12/h1-10,17,29H,23H2,(H,25,28)(H,24,26,27). The number of nitrogens with one attached hydrogen (secondary N) is 2. The van der Waals surface area contributed by atoms with Crippen molar-refractivity contribution in [3.63, 3.8) is 0 Å². The summed E-state index contributed by atoms with van der Waals surface area (Å²) in [4.78, 5) is 11.2. The fourth-order valence-corrected chi connectivity index (χ4v) is 4.44. The minimum absolute atomic E-state index is 0.0326. The van der Waals surface area contributed by atoms with Crippen molar-refractivity contribution in [1.29, 1.82) is 0 Å². The Morgan fingerprint density at radius 3 is 2.66 bits per heavy atom. The highest BCUT2D eigenvalue weighted by Gasteiger charge is 2.29. The van der Waals surface area contributed by atoms with E-state index < -0.39 is 21.0 Å². The predicted octanol–water partition coefficient (Wildman–Crippen LogP) is 3.43. The molecular weight excluding hydrogens is 459 g/mol. The number of aromatic nitrogens is 3. The van der Waals surface area contributed by atoms with Crippen LogP contribution < -0.4 is 11.1 Å². The van der Waals surface area contributed by atoms with Gasteiger partial charge in [0.1, 0.15) is 11.6 Å². The molecular formula is C20H16ClFN6O3S. The highest BCUT2D eigenvalue weighted by molar-refractivity contribution is 7.91. The summed E-state index contributed by atoms with van der Waals surface area (Å²) in [5, 5.41) is 14.0. The minimum atomic E-state index is -3.92. The van der Waals surface area contributed by atoms with Crippen molar-refractivity contribution >= 4 is 44.1 Å². The number of nitrogens with zero attached hydrogens (tertiary/aromatic N) is 3. The SMILES string of the molecule is NC(c1nc2nccc(/C(=N\O)Nc3ccc(F)c(Cl)c3)c2[nH]1)S(=O)(=O)c1ccccc1. The van der Waals surface area contributed by atoms with E-state index in [2.05, 4.69) is 25.4 Å². The van der Waals surface area contributed by atoms with E-state index in [1.165, 1.54) is 36.5 Å². The molecule has 0 spiro atoms. The normalized spacial score (nSPS) is 13.3. The summed E-state index contributed by atoms with van der Waals surface area (Å²) >= 11 is 5.80. The summed E-state index contributed by atoms with van der Waals surface area (Å²) in [5.41, 5.74) is 7.16. The van der Waals surface area contributed by atoms with E-state index in [0.717, 1.165) is 6.07 Å². The number of halogens is 2. The molecule has 1 unspecified atom stereocenters. The van der Waals surface area contributed by atoms with Crippen LogP contribution in [0.15, 0.2) is 70.8 Å². The molecule has 0 aliphatic heterocycles. The molecule has 2 aromatic carbocycles. The Kier molecular flexibility index (Phi) is 5.78. The fourth-order valence-electron chi connectivity index (χ4n) is 3.02. The first-order valence-corrected chi connectivity index (χ1v) is 11.1. The minimum Gasteiger partial charge on any atom is -0.409 e. The highest BCUT2D eigenvalue weighted by atomic mass is 35.5. The first-order chi connectivity index (χ1) is 15.3. The van der Waals surface area contributed by atoms with E-state index in [1.54, 1.807) is 18.2 Å². The van der Waals surface area contributed by atoms with Crippen LogP contribution in [0.2, 0.25) is 5.02 Å². The molecule has 9 nitrogen and oxygen atoms in total. The van der Waals surface area contributed by atoms with Crippen molar-refractivity contribution < 1.29 is 18.0 Å². The van der Waals surface area contributed by atoms with Crippen LogP contribution in [0.25, 0.3) is 11.2 Å². The van der Waals surface area contributed by atoms with E-state index in [0.29, 0.717) is 11.3 Å². The zero-order valence-corrected chi connectivity index (χ0v) is 17.8. The Hall–Kier alpha value is -3.54. The largest absolute Gasteiger partial charge is 0.409 e. The molecule has 4 rings (SSSR count). The Bertz CT molecular complexity index is 1430. The number of sulfone groups is 1. The van der Waals surface area contributed by atoms with Crippen LogP contribution >= 0.6 is 11.6 Å². The van der Waals surface area contributed by atoms with Crippen LogP contribution in [0.4, 0.5) is 10.1 Å². The van der Waals surface area contributed by atoms with Gasteiger partial charge in [-0.15, -0.1) is 0 Å². The summed E-state index contributed by atoms with van der Waals surface area (Å²) < 4.78 is 39.1. The van der Waals surface area contributed by atoms with Crippen LogP contribution in [0.3, 0.4) is 0 Å². The summed E-state index contributed by atoms with van der Waals surface area (Å²) in [6, 6.07) is 13.2. The number of fused-ring (bicyclic) bond motifs is 1. The number of imidazole rings is 1. The van der Waals surface area contributed by atoms with Gasteiger partial charge >= 0.3 is 0 Å². The number of nitrogens with two attached hydrogens (primary N) is 1. The fraction of sp³-hybridized carbons (Fsp3) is 0.0500. The van der Waals surface area contributed by atoms with Crippen molar-refractivity contribution in [3.05, 3.63) is 83.0 Å². The lowest BCUT2D eigenvalue weighted by atomic mass is 10.2. The van der Waals surface area contributed by atoms with Crippen molar-refractivity contribution in [3.8, 4) is 0 Å². The van der Waals surface area contributed by atoms with Gasteiger partial charge in [-0.05, 0) is 36.4 Å². The van der Waals surface area contributed by atoms with Crippen molar-refractivity contribution in [2.24, 2.45) is 10.9 Å². The van der Waals surface area contributed by atoms with Crippen LogP contribution in [-0.2, 0) is 9.84 Å². The van der Waals surface area contributed by atoms with Crippen LogP contribution in [-0.4, -0.2) is 34.4 Å². The second-order valence-electron chi connectivity index (χ2n) is 6.66. The first kappa shape index (κ1) is 21.7. The van der Waals surface area contributed by atoms with Crippen LogP contribution in [0.1, 0.15) is 16.8 Å². The molecule has 2 heterocycles. The third kappa shape index (κ3) is 4.00. The molecule has 0 amide bonds. The number of benzene rings is 2. The van der Waals surface area contributed by atoms with Gasteiger partial charge in [0.2, 0.25) is 9.84 Å². The molecule has 0 fully saturated rings. The molecule has 0 aliphatic carbocycles. The maximum absolute atomic E-state index is 13.4. The summed E-state index contributed by atoms with van der Waals surface area (Å²) in [6.45, 7) is 0. The number of anilines is 1. The average molecular weight is 475 g/mol. The number of hydrogen-bond acceptors (Lipinski definition) is 7. The Balaban J connectivity index is 1.72. The van der Waals surface area contributed by atoms with Gasteiger partial charge in [-0.25, -0.2) is 22.8 Å². The summed E-state index contributed by atoms with van der Waals surface area (Å²) in [5.74, 6) is -0.668.